The second kappa shape index (κ2) is 6.27. The predicted octanol–water partition coefficient (Wildman–Crippen LogP) is -0.0281. The van der Waals surface area contributed by atoms with Crippen LogP contribution in [-0.4, -0.2) is 43.2 Å². The maximum Gasteiger partial charge on any atom is 0.250 e. The van der Waals surface area contributed by atoms with Gasteiger partial charge in [0.2, 0.25) is 5.91 Å². The zero-order valence-electron chi connectivity index (χ0n) is 8.49. The van der Waals surface area contributed by atoms with Crippen molar-refractivity contribution in [3.05, 3.63) is 0 Å². The number of hydrogen-bond donors (Lipinski definition) is 2. The zero-order chi connectivity index (χ0) is 10.4. The molecule has 14 heavy (non-hydrogen) atoms. The molecule has 2 atom stereocenters. The number of carbonyl (C=O) groups is 1. The number of thioether (sulfide) groups is 1. The van der Waals surface area contributed by atoms with Crippen LogP contribution in [-0.2, 0) is 9.53 Å². The van der Waals surface area contributed by atoms with E-state index in [1.54, 1.807) is 0 Å². The van der Waals surface area contributed by atoms with E-state index in [1.165, 1.54) is 25.7 Å². The molecule has 1 fully saturated rings. The monoisotopic (exact) mass is 218 g/mol. The molecule has 3 N–H and O–H groups in total. The lowest BCUT2D eigenvalue weighted by Gasteiger charge is -2.15. The van der Waals surface area contributed by atoms with Crippen molar-refractivity contribution in [2.24, 2.45) is 5.73 Å². The molecule has 0 spiro atoms. The molecule has 0 aliphatic carbocycles. The average molecular weight is 218 g/mol. The number of amides is 1. The first-order valence-electron chi connectivity index (χ1n) is 4.90. The Balaban J connectivity index is 2.18. The summed E-state index contributed by atoms with van der Waals surface area (Å²) in [5, 5.41) is 3.44. The number of nitrogens with two attached hydrogens (primary N) is 1. The van der Waals surface area contributed by atoms with Gasteiger partial charge in [-0.05, 0) is 18.6 Å². The molecule has 1 saturated heterocycles. The van der Waals surface area contributed by atoms with Crippen molar-refractivity contribution >= 4 is 17.7 Å². The Morgan fingerprint density at radius 2 is 2.57 bits per heavy atom. The quantitative estimate of drug-likeness (QED) is 0.680. The summed E-state index contributed by atoms with van der Waals surface area (Å²) in [4.78, 5) is 11.4. The van der Waals surface area contributed by atoms with E-state index in [-0.39, 0.29) is 12.5 Å². The van der Waals surface area contributed by atoms with Crippen molar-refractivity contribution in [1.82, 2.24) is 5.32 Å². The van der Waals surface area contributed by atoms with Gasteiger partial charge in [0.15, 0.2) is 0 Å². The van der Waals surface area contributed by atoms with Gasteiger partial charge in [-0.1, -0.05) is 0 Å². The van der Waals surface area contributed by atoms with Gasteiger partial charge in [-0.3, -0.25) is 4.79 Å². The van der Waals surface area contributed by atoms with Crippen molar-refractivity contribution in [2.75, 3.05) is 26.0 Å². The van der Waals surface area contributed by atoms with Gasteiger partial charge in [-0.15, -0.1) is 0 Å². The third-order valence-electron chi connectivity index (χ3n) is 2.32. The van der Waals surface area contributed by atoms with E-state index in [4.69, 9.17) is 10.5 Å². The van der Waals surface area contributed by atoms with Crippen molar-refractivity contribution < 1.29 is 9.53 Å². The van der Waals surface area contributed by atoms with Gasteiger partial charge in [-0.25, -0.2) is 0 Å². The molecule has 0 aromatic carbocycles. The maximum atomic E-state index is 11.4. The van der Waals surface area contributed by atoms with Crippen LogP contribution in [0.2, 0.25) is 0 Å². The van der Waals surface area contributed by atoms with Gasteiger partial charge in [0.1, 0.15) is 6.10 Å². The summed E-state index contributed by atoms with van der Waals surface area (Å²) in [6.07, 6.45) is 1.96. The number of carbonyl (C=O) groups excluding carboxylic acids is 1. The van der Waals surface area contributed by atoms with Gasteiger partial charge in [0.05, 0.1) is 0 Å². The van der Waals surface area contributed by atoms with E-state index in [2.05, 4.69) is 5.32 Å². The van der Waals surface area contributed by atoms with E-state index in [0.717, 1.165) is 6.54 Å². The maximum absolute atomic E-state index is 11.4. The van der Waals surface area contributed by atoms with Crippen LogP contribution in [0, 0.1) is 0 Å². The Hall–Kier alpha value is -0.260. The van der Waals surface area contributed by atoms with E-state index < -0.39 is 6.10 Å². The minimum Gasteiger partial charge on any atom is -0.370 e. The molecule has 0 bridgehead atoms. The second-order valence-corrected chi connectivity index (χ2v) is 4.75. The second-order valence-electron chi connectivity index (χ2n) is 3.34. The normalized spacial score (nSPS) is 23.4. The predicted molar refractivity (Wildman–Crippen MR) is 58.3 cm³/mol. The molecule has 0 aromatic rings. The number of methoxy groups -OCH3 is 1. The molecule has 0 aromatic heterocycles. The Morgan fingerprint density at radius 1 is 1.79 bits per heavy atom. The molecular weight excluding hydrogens is 200 g/mol. The number of nitrogens with one attached hydrogen (secondary N) is 1. The fraction of sp³-hybridized carbons (Fsp3) is 0.889. The Bertz CT molecular complexity index is 180. The summed E-state index contributed by atoms with van der Waals surface area (Å²) in [6.45, 7) is 0.976. The van der Waals surface area contributed by atoms with E-state index >= 15 is 0 Å². The smallest absolute Gasteiger partial charge is 0.250 e. The Morgan fingerprint density at radius 3 is 3.07 bits per heavy atom. The van der Waals surface area contributed by atoms with Crippen LogP contribution in [0.25, 0.3) is 0 Å². The van der Waals surface area contributed by atoms with Crippen molar-refractivity contribution in [3.63, 3.8) is 0 Å². The standard InChI is InChI=1S/C9H18N2O2S/c1-13-8(5-10)9(12)11-6-7-3-2-4-14-7/h7-8H,2-6,10H2,1H3,(H,11,12). The van der Waals surface area contributed by atoms with Crippen LogP contribution in [0.15, 0.2) is 0 Å². The van der Waals surface area contributed by atoms with Gasteiger partial charge >= 0.3 is 0 Å². The third kappa shape index (κ3) is 3.48. The summed E-state index contributed by atoms with van der Waals surface area (Å²) in [5.41, 5.74) is 5.38. The summed E-state index contributed by atoms with van der Waals surface area (Å²) < 4.78 is 4.93. The number of rotatable bonds is 5. The lowest BCUT2D eigenvalue weighted by Crippen LogP contribution is -2.42. The van der Waals surface area contributed by atoms with E-state index in [9.17, 15) is 4.79 Å². The molecule has 1 aliphatic heterocycles. The molecule has 5 heteroatoms. The summed E-state index contributed by atoms with van der Waals surface area (Å²) in [5.74, 6) is 1.12. The highest BCUT2D eigenvalue weighted by Gasteiger charge is 2.19. The fourth-order valence-electron chi connectivity index (χ4n) is 1.44. The largest absolute Gasteiger partial charge is 0.370 e. The lowest BCUT2D eigenvalue weighted by atomic mass is 10.2. The fourth-order valence-corrected chi connectivity index (χ4v) is 2.65. The molecule has 2 unspecified atom stereocenters. The van der Waals surface area contributed by atoms with Crippen molar-refractivity contribution in [2.45, 2.75) is 24.2 Å². The van der Waals surface area contributed by atoms with Crippen LogP contribution >= 0.6 is 11.8 Å². The number of ether oxygens (including phenoxy) is 1. The third-order valence-corrected chi connectivity index (χ3v) is 3.72. The first-order chi connectivity index (χ1) is 6.77. The zero-order valence-corrected chi connectivity index (χ0v) is 9.31. The molecular formula is C9H18N2O2S. The molecule has 1 aliphatic rings. The average Bonchev–Trinajstić information content (AvgIpc) is 2.69. The van der Waals surface area contributed by atoms with E-state index in [1.807, 2.05) is 11.8 Å². The van der Waals surface area contributed by atoms with Gasteiger partial charge < -0.3 is 15.8 Å². The topological polar surface area (TPSA) is 64.3 Å². The van der Waals surface area contributed by atoms with Crippen LogP contribution in [0.3, 0.4) is 0 Å². The minimum absolute atomic E-state index is 0.0949. The highest BCUT2D eigenvalue weighted by atomic mass is 32.2. The highest BCUT2D eigenvalue weighted by Crippen LogP contribution is 2.25. The van der Waals surface area contributed by atoms with Crippen molar-refractivity contribution in [3.8, 4) is 0 Å². The van der Waals surface area contributed by atoms with Gasteiger partial charge in [0.25, 0.3) is 0 Å². The molecule has 4 nitrogen and oxygen atoms in total. The molecule has 1 amide bonds. The van der Waals surface area contributed by atoms with Crippen LogP contribution < -0.4 is 11.1 Å². The van der Waals surface area contributed by atoms with Crippen LogP contribution in [0.4, 0.5) is 0 Å². The highest BCUT2D eigenvalue weighted by molar-refractivity contribution is 8.00. The Labute approximate surface area is 88.9 Å². The van der Waals surface area contributed by atoms with Crippen LogP contribution in [0.5, 0.6) is 0 Å². The molecule has 0 radical (unpaired) electrons. The molecule has 1 heterocycles. The molecule has 1 rings (SSSR count). The first kappa shape index (κ1) is 11.8. The van der Waals surface area contributed by atoms with Gasteiger partial charge in [-0.2, -0.15) is 11.8 Å². The van der Waals surface area contributed by atoms with Crippen LogP contribution in [0.1, 0.15) is 12.8 Å². The minimum atomic E-state index is -0.499. The Kier molecular flexibility index (Phi) is 5.29. The summed E-state index contributed by atoms with van der Waals surface area (Å²) in [6, 6.07) is 0. The van der Waals surface area contributed by atoms with E-state index in [0.29, 0.717) is 5.25 Å². The lowest BCUT2D eigenvalue weighted by molar-refractivity contribution is -0.130. The SMILES string of the molecule is COC(CN)C(=O)NCC1CCCS1. The summed E-state index contributed by atoms with van der Waals surface area (Å²) >= 11 is 1.92. The first-order valence-corrected chi connectivity index (χ1v) is 5.95. The molecule has 0 saturated carbocycles. The van der Waals surface area contributed by atoms with Gasteiger partial charge in [0, 0.05) is 25.4 Å². The molecule has 82 valence electrons. The van der Waals surface area contributed by atoms with Crippen molar-refractivity contribution in [1.29, 1.82) is 0 Å². The number of hydrogen-bond acceptors (Lipinski definition) is 4. The summed E-state index contributed by atoms with van der Waals surface area (Å²) in [7, 11) is 1.50.